The number of aliphatic hydroxyl groups is 1. The van der Waals surface area contributed by atoms with Crippen molar-refractivity contribution in [3.63, 3.8) is 0 Å². The second-order valence-electron chi connectivity index (χ2n) is 8.49. The summed E-state index contributed by atoms with van der Waals surface area (Å²) in [6, 6.07) is 0. The number of rotatable bonds is 3. The topological polar surface area (TPSA) is 76.7 Å². The molecule has 4 atom stereocenters. The van der Waals surface area contributed by atoms with Gasteiger partial charge in [0.25, 0.3) is 0 Å². The number of aryl methyl sites for hydroxylation is 1. The number of ether oxygens (including phenoxy) is 1. The number of hydrogen-bond acceptors (Lipinski definition) is 5. The number of fused-ring (bicyclic) bond motifs is 2. The van der Waals surface area contributed by atoms with Crippen molar-refractivity contribution in [2.24, 2.45) is 17.3 Å². The van der Waals surface area contributed by atoms with Gasteiger partial charge in [-0.3, -0.25) is 9.59 Å². The molecule has 0 amide bonds. The maximum Gasteiger partial charge on any atom is 0.306 e. The van der Waals surface area contributed by atoms with Crippen molar-refractivity contribution in [1.82, 2.24) is 0 Å². The van der Waals surface area contributed by atoms with Gasteiger partial charge in [-0.15, -0.1) is 0 Å². The molecule has 1 N–H and O–H groups in total. The number of furan rings is 1. The van der Waals surface area contributed by atoms with Gasteiger partial charge in [0.05, 0.1) is 11.9 Å². The standard InChI is InChI=1S/C20H28O5/c1-11(2)9-14(21)25-18-15-12(3)10-24-17(15)16(22)13-7-6-8-19(4,23)20(13,18)5/h10-11,13,18,23H,6-9H2,1-5H3/t13-,18-,19-,20-/m1/s1. The maximum absolute atomic E-state index is 13.0. The van der Waals surface area contributed by atoms with E-state index in [4.69, 9.17) is 9.15 Å². The zero-order chi connectivity index (χ0) is 18.6. The van der Waals surface area contributed by atoms with Gasteiger partial charge >= 0.3 is 5.97 Å². The molecule has 0 aliphatic heterocycles. The Labute approximate surface area is 148 Å². The molecule has 0 radical (unpaired) electrons. The van der Waals surface area contributed by atoms with Gasteiger partial charge in [0.15, 0.2) is 5.76 Å². The van der Waals surface area contributed by atoms with Crippen LogP contribution in [0.3, 0.4) is 0 Å². The Kier molecular flexibility index (Phi) is 4.34. The highest BCUT2D eigenvalue weighted by Gasteiger charge is 2.63. The number of hydrogen-bond donors (Lipinski definition) is 1. The largest absolute Gasteiger partial charge is 0.461 e. The van der Waals surface area contributed by atoms with Crippen molar-refractivity contribution < 1.29 is 23.8 Å². The van der Waals surface area contributed by atoms with Crippen molar-refractivity contribution in [3.8, 4) is 0 Å². The Hall–Kier alpha value is -1.62. The fourth-order valence-electron chi connectivity index (χ4n) is 4.59. The van der Waals surface area contributed by atoms with E-state index in [9.17, 15) is 14.7 Å². The molecule has 25 heavy (non-hydrogen) atoms. The summed E-state index contributed by atoms with van der Waals surface area (Å²) in [5, 5.41) is 11.2. The average Bonchev–Trinajstić information content (AvgIpc) is 2.87. The van der Waals surface area contributed by atoms with Crippen LogP contribution >= 0.6 is 0 Å². The second-order valence-corrected chi connectivity index (χ2v) is 8.49. The van der Waals surface area contributed by atoms with Gasteiger partial charge in [0, 0.05) is 23.3 Å². The summed E-state index contributed by atoms with van der Waals surface area (Å²) < 4.78 is 11.4. The number of esters is 1. The normalized spacial score (nSPS) is 34.6. The maximum atomic E-state index is 13.0. The van der Waals surface area contributed by atoms with Gasteiger partial charge in [0.2, 0.25) is 5.78 Å². The van der Waals surface area contributed by atoms with Crippen LogP contribution in [0.15, 0.2) is 10.7 Å². The summed E-state index contributed by atoms with van der Waals surface area (Å²) in [6.07, 6.45) is 3.19. The minimum atomic E-state index is -1.10. The van der Waals surface area contributed by atoms with Crippen LogP contribution in [-0.4, -0.2) is 22.5 Å². The molecule has 2 aliphatic carbocycles. The van der Waals surface area contributed by atoms with E-state index < -0.39 is 23.0 Å². The SMILES string of the molecule is Cc1coc2c1[C@@H](OC(=O)CC(C)C)[C@@]1(C)[C@H](CCC[C@@]1(C)O)C2=O. The van der Waals surface area contributed by atoms with Crippen molar-refractivity contribution in [1.29, 1.82) is 0 Å². The highest BCUT2D eigenvalue weighted by Crippen LogP contribution is 2.60. The van der Waals surface area contributed by atoms with Crippen LogP contribution in [0.25, 0.3) is 0 Å². The van der Waals surface area contributed by atoms with Crippen LogP contribution in [0.1, 0.15) is 81.2 Å². The zero-order valence-corrected chi connectivity index (χ0v) is 15.7. The van der Waals surface area contributed by atoms with Gasteiger partial charge in [-0.2, -0.15) is 0 Å². The average molecular weight is 348 g/mol. The van der Waals surface area contributed by atoms with E-state index >= 15 is 0 Å². The lowest BCUT2D eigenvalue weighted by atomic mass is 9.51. The molecular weight excluding hydrogens is 320 g/mol. The predicted molar refractivity (Wildman–Crippen MR) is 92.1 cm³/mol. The van der Waals surface area contributed by atoms with Gasteiger partial charge in [0.1, 0.15) is 6.10 Å². The number of Topliss-reactive ketones (excluding diaryl/α,β-unsaturated/α-hetero) is 1. The molecule has 3 rings (SSSR count). The van der Waals surface area contributed by atoms with Gasteiger partial charge < -0.3 is 14.3 Å². The smallest absolute Gasteiger partial charge is 0.306 e. The molecule has 0 saturated heterocycles. The number of carbonyl (C=O) groups excluding carboxylic acids is 2. The lowest BCUT2D eigenvalue weighted by molar-refractivity contribution is -0.198. The van der Waals surface area contributed by atoms with Crippen LogP contribution < -0.4 is 0 Å². The Morgan fingerprint density at radius 3 is 2.76 bits per heavy atom. The Morgan fingerprint density at radius 2 is 2.12 bits per heavy atom. The minimum absolute atomic E-state index is 0.0817. The summed E-state index contributed by atoms with van der Waals surface area (Å²) in [6.45, 7) is 9.41. The van der Waals surface area contributed by atoms with E-state index in [1.807, 2.05) is 27.7 Å². The zero-order valence-electron chi connectivity index (χ0n) is 15.7. The first kappa shape index (κ1) is 18.2. The number of ketones is 1. The molecule has 138 valence electrons. The van der Waals surface area contributed by atoms with E-state index in [0.29, 0.717) is 30.6 Å². The quantitative estimate of drug-likeness (QED) is 0.836. The lowest BCUT2D eigenvalue weighted by Crippen LogP contribution is -2.59. The molecule has 1 fully saturated rings. The van der Waals surface area contributed by atoms with E-state index in [0.717, 1.165) is 12.0 Å². The van der Waals surface area contributed by atoms with Crippen LogP contribution in [0, 0.1) is 24.2 Å². The third-order valence-corrected chi connectivity index (χ3v) is 6.24. The van der Waals surface area contributed by atoms with E-state index in [1.54, 1.807) is 13.2 Å². The molecule has 5 heteroatoms. The molecule has 0 unspecified atom stereocenters. The second kappa shape index (κ2) is 5.97. The first-order valence-corrected chi connectivity index (χ1v) is 9.13. The summed E-state index contributed by atoms with van der Waals surface area (Å²) in [5.41, 5.74) is -0.554. The number of carbonyl (C=O) groups is 2. The van der Waals surface area contributed by atoms with E-state index in [1.165, 1.54) is 0 Å². The summed E-state index contributed by atoms with van der Waals surface area (Å²) in [4.78, 5) is 25.5. The first-order chi connectivity index (χ1) is 11.6. The summed E-state index contributed by atoms with van der Waals surface area (Å²) >= 11 is 0. The first-order valence-electron chi connectivity index (χ1n) is 9.13. The van der Waals surface area contributed by atoms with Gasteiger partial charge in [-0.05, 0) is 44.6 Å². The van der Waals surface area contributed by atoms with Crippen LogP contribution in [0.5, 0.6) is 0 Å². The van der Waals surface area contributed by atoms with Crippen molar-refractivity contribution >= 4 is 11.8 Å². The molecule has 5 nitrogen and oxygen atoms in total. The van der Waals surface area contributed by atoms with Crippen LogP contribution in [-0.2, 0) is 9.53 Å². The Morgan fingerprint density at radius 1 is 1.44 bits per heavy atom. The third-order valence-electron chi connectivity index (χ3n) is 6.24. The summed E-state index contributed by atoms with van der Waals surface area (Å²) in [5.74, 6) is -0.326. The van der Waals surface area contributed by atoms with E-state index in [-0.39, 0.29) is 17.7 Å². The molecule has 1 aromatic heterocycles. The molecule has 0 spiro atoms. The molecule has 0 aromatic carbocycles. The Balaban J connectivity index is 2.12. The van der Waals surface area contributed by atoms with E-state index in [2.05, 4.69) is 0 Å². The molecule has 1 heterocycles. The lowest BCUT2D eigenvalue weighted by Gasteiger charge is -2.55. The predicted octanol–water partition coefficient (Wildman–Crippen LogP) is 3.97. The fourth-order valence-corrected chi connectivity index (χ4v) is 4.59. The molecular formula is C20H28O5. The van der Waals surface area contributed by atoms with Crippen LogP contribution in [0.4, 0.5) is 0 Å². The highest BCUT2D eigenvalue weighted by atomic mass is 16.5. The Bertz CT molecular complexity index is 699. The monoisotopic (exact) mass is 348 g/mol. The van der Waals surface area contributed by atoms with Crippen LogP contribution in [0.2, 0.25) is 0 Å². The molecule has 1 aromatic rings. The highest BCUT2D eigenvalue weighted by molar-refractivity contribution is 5.99. The van der Waals surface area contributed by atoms with Gasteiger partial charge in [-0.25, -0.2) is 0 Å². The molecule has 2 aliphatic rings. The minimum Gasteiger partial charge on any atom is -0.461 e. The van der Waals surface area contributed by atoms with Gasteiger partial charge in [-0.1, -0.05) is 20.8 Å². The van der Waals surface area contributed by atoms with Crippen molar-refractivity contribution in [2.75, 3.05) is 0 Å². The third kappa shape index (κ3) is 2.64. The van der Waals surface area contributed by atoms with Crippen molar-refractivity contribution in [2.45, 2.75) is 72.0 Å². The molecule has 0 bridgehead atoms. The fraction of sp³-hybridized carbons (Fsp3) is 0.700. The summed E-state index contributed by atoms with van der Waals surface area (Å²) in [7, 11) is 0. The molecule has 1 saturated carbocycles. The van der Waals surface area contributed by atoms with Crippen molar-refractivity contribution in [3.05, 3.63) is 23.2 Å².